The van der Waals surface area contributed by atoms with Gasteiger partial charge in [0, 0.05) is 36.1 Å². The van der Waals surface area contributed by atoms with Crippen LogP contribution in [0.4, 0.5) is 0 Å². The second-order valence-electron chi connectivity index (χ2n) is 5.18. The number of hydrogen-bond donors (Lipinski definition) is 2. The molecule has 1 heterocycles. The fourth-order valence-electron chi connectivity index (χ4n) is 1.76. The maximum absolute atomic E-state index is 9.16. The highest BCUT2D eigenvalue weighted by molar-refractivity contribution is 5.80. The largest absolute Gasteiger partial charge is 0.464 e. The van der Waals surface area contributed by atoms with Crippen LogP contribution in [0.1, 0.15) is 19.4 Å². The summed E-state index contributed by atoms with van der Waals surface area (Å²) in [5.74, 6) is 0. The molecule has 0 bridgehead atoms. The molecule has 0 aliphatic heterocycles. The number of fused-ring (bicyclic) bond motifs is 1. The number of aliphatic hydroxyl groups is 1. The molecule has 0 atom stereocenters. The van der Waals surface area contributed by atoms with Crippen LogP contribution in [0.5, 0.6) is 0 Å². The maximum atomic E-state index is 9.16. The highest BCUT2D eigenvalue weighted by Gasteiger charge is 2.15. The summed E-state index contributed by atoms with van der Waals surface area (Å²) in [7, 11) is 0. The van der Waals surface area contributed by atoms with Gasteiger partial charge in [-0.1, -0.05) is 32.0 Å². The van der Waals surface area contributed by atoms with E-state index in [1.54, 1.807) is 6.26 Å². The molecule has 0 aliphatic rings. The number of benzene rings is 1. The predicted molar refractivity (Wildman–Crippen MR) is 68.8 cm³/mol. The molecule has 3 heteroatoms. The number of furan rings is 1. The van der Waals surface area contributed by atoms with Gasteiger partial charge in [0.25, 0.3) is 0 Å². The molecule has 3 nitrogen and oxygen atoms in total. The van der Waals surface area contributed by atoms with E-state index in [0.29, 0.717) is 0 Å². The molecular formula is C14H19NO2. The van der Waals surface area contributed by atoms with Crippen molar-refractivity contribution in [3.63, 3.8) is 0 Å². The van der Waals surface area contributed by atoms with Crippen LogP contribution in [0.3, 0.4) is 0 Å². The molecule has 0 radical (unpaired) electrons. The quantitative estimate of drug-likeness (QED) is 0.834. The van der Waals surface area contributed by atoms with E-state index in [-0.39, 0.29) is 12.0 Å². The summed E-state index contributed by atoms with van der Waals surface area (Å²) in [6.45, 7) is 5.80. The summed E-state index contributed by atoms with van der Waals surface area (Å²) >= 11 is 0. The van der Waals surface area contributed by atoms with E-state index >= 15 is 0 Å². The Labute approximate surface area is 101 Å². The van der Waals surface area contributed by atoms with Crippen LogP contribution in [-0.2, 0) is 6.54 Å². The molecule has 2 rings (SSSR count). The van der Waals surface area contributed by atoms with Crippen LogP contribution in [0.15, 0.2) is 34.9 Å². The van der Waals surface area contributed by atoms with Gasteiger partial charge in [0.2, 0.25) is 0 Å². The monoisotopic (exact) mass is 233 g/mol. The van der Waals surface area contributed by atoms with Crippen molar-refractivity contribution in [3.05, 3.63) is 36.1 Å². The topological polar surface area (TPSA) is 45.4 Å². The van der Waals surface area contributed by atoms with Crippen LogP contribution in [-0.4, -0.2) is 18.3 Å². The van der Waals surface area contributed by atoms with Gasteiger partial charge >= 0.3 is 0 Å². The Morgan fingerprint density at radius 3 is 2.82 bits per heavy atom. The molecule has 2 N–H and O–H groups in total. The van der Waals surface area contributed by atoms with E-state index in [0.717, 1.165) is 29.6 Å². The van der Waals surface area contributed by atoms with Crippen LogP contribution < -0.4 is 5.32 Å². The molecule has 0 aliphatic carbocycles. The number of rotatable bonds is 5. The van der Waals surface area contributed by atoms with E-state index in [1.165, 1.54) is 0 Å². The third-order valence-electron chi connectivity index (χ3n) is 2.91. The van der Waals surface area contributed by atoms with Crippen molar-refractivity contribution in [2.24, 2.45) is 5.41 Å². The molecule has 0 spiro atoms. The van der Waals surface area contributed by atoms with Gasteiger partial charge in [0.1, 0.15) is 5.58 Å². The Hall–Kier alpha value is -1.32. The van der Waals surface area contributed by atoms with Crippen molar-refractivity contribution >= 4 is 11.0 Å². The lowest BCUT2D eigenvalue weighted by Crippen LogP contribution is -2.31. The third kappa shape index (κ3) is 2.87. The Morgan fingerprint density at radius 1 is 1.29 bits per heavy atom. The van der Waals surface area contributed by atoms with Crippen molar-refractivity contribution in [2.75, 3.05) is 13.2 Å². The SMILES string of the molecule is CC(C)(CO)CNCc1coc2ccccc12. The molecule has 0 unspecified atom stereocenters. The number of aliphatic hydroxyl groups excluding tert-OH is 1. The van der Waals surface area contributed by atoms with E-state index < -0.39 is 0 Å². The number of hydrogen-bond acceptors (Lipinski definition) is 3. The van der Waals surface area contributed by atoms with Crippen LogP contribution >= 0.6 is 0 Å². The van der Waals surface area contributed by atoms with Gasteiger partial charge in [-0.2, -0.15) is 0 Å². The van der Waals surface area contributed by atoms with Crippen molar-refractivity contribution in [1.29, 1.82) is 0 Å². The van der Waals surface area contributed by atoms with E-state index in [1.807, 2.05) is 32.0 Å². The first-order valence-corrected chi connectivity index (χ1v) is 5.89. The normalized spacial score (nSPS) is 12.2. The molecule has 1 aromatic carbocycles. The van der Waals surface area contributed by atoms with Crippen molar-refractivity contribution < 1.29 is 9.52 Å². The highest BCUT2D eigenvalue weighted by Crippen LogP contribution is 2.20. The first-order valence-electron chi connectivity index (χ1n) is 5.89. The molecule has 92 valence electrons. The van der Waals surface area contributed by atoms with Gasteiger partial charge in [-0.25, -0.2) is 0 Å². The minimum Gasteiger partial charge on any atom is -0.464 e. The lowest BCUT2D eigenvalue weighted by atomic mass is 9.95. The minimum atomic E-state index is -0.0838. The van der Waals surface area contributed by atoms with Crippen molar-refractivity contribution in [3.8, 4) is 0 Å². The lowest BCUT2D eigenvalue weighted by molar-refractivity contribution is 0.156. The minimum absolute atomic E-state index is 0.0838. The summed E-state index contributed by atoms with van der Waals surface area (Å²) in [4.78, 5) is 0. The molecule has 0 amide bonds. The van der Waals surface area contributed by atoms with Crippen LogP contribution in [0.2, 0.25) is 0 Å². The number of para-hydroxylation sites is 1. The Bertz CT molecular complexity index is 488. The summed E-state index contributed by atoms with van der Waals surface area (Å²) in [5, 5.41) is 13.7. The smallest absolute Gasteiger partial charge is 0.134 e. The van der Waals surface area contributed by atoms with Crippen molar-refractivity contribution in [2.45, 2.75) is 20.4 Å². The molecule has 0 fully saturated rings. The molecule has 2 aromatic rings. The lowest BCUT2D eigenvalue weighted by Gasteiger charge is -2.21. The van der Waals surface area contributed by atoms with Gasteiger partial charge in [-0.3, -0.25) is 0 Å². The van der Waals surface area contributed by atoms with E-state index in [4.69, 9.17) is 9.52 Å². The standard InChI is InChI=1S/C14H19NO2/c1-14(2,10-16)9-15-7-11-8-17-13-6-4-3-5-12(11)13/h3-6,8,15-16H,7,9-10H2,1-2H3. The fourth-order valence-corrected chi connectivity index (χ4v) is 1.76. The highest BCUT2D eigenvalue weighted by atomic mass is 16.3. The van der Waals surface area contributed by atoms with Crippen molar-refractivity contribution in [1.82, 2.24) is 5.32 Å². The van der Waals surface area contributed by atoms with E-state index in [9.17, 15) is 0 Å². The maximum Gasteiger partial charge on any atom is 0.134 e. The zero-order valence-corrected chi connectivity index (χ0v) is 10.4. The average molecular weight is 233 g/mol. The summed E-state index contributed by atoms with van der Waals surface area (Å²) < 4.78 is 5.47. The summed E-state index contributed by atoms with van der Waals surface area (Å²) in [6, 6.07) is 8.01. The molecule has 1 aromatic heterocycles. The van der Waals surface area contributed by atoms with Crippen LogP contribution in [0, 0.1) is 5.41 Å². The first-order chi connectivity index (χ1) is 8.12. The van der Waals surface area contributed by atoms with E-state index in [2.05, 4.69) is 11.4 Å². The van der Waals surface area contributed by atoms with Gasteiger partial charge in [-0.05, 0) is 6.07 Å². The second-order valence-corrected chi connectivity index (χ2v) is 5.18. The predicted octanol–water partition coefficient (Wildman–Crippen LogP) is 2.54. The van der Waals surface area contributed by atoms with Gasteiger partial charge < -0.3 is 14.8 Å². The van der Waals surface area contributed by atoms with Gasteiger partial charge in [-0.15, -0.1) is 0 Å². The molecule has 17 heavy (non-hydrogen) atoms. The Kier molecular flexibility index (Phi) is 3.50. The zero-order chi connectivity index (χ0) is 12.3. The number of nitrogens with one attached hydrogen (secondary N) is 1. The average Bonchev–Trinajstić information content (AvgIpc) is 2.73. The van der Waals surface area contributed by atoms with Gasteiger partial charge in [0.05, 0.1) is 6.26 Å². The summed E-state index contributed by atoms with van der Waals surface area (Å²) in [6.07, 6.45) is 1.80. The molecular weight excluding hydrogens is 214 g/mol. The fraction of sp³-hybridized carbons (Fsp3) is 0.429. The second kappa shape index (κ2) is 4.90. The van der Waals surface area contributed by atoms with Crippen LogP contribution in [0.25, 0.3) is 11.0 Å². The molecule has 0 saturated heterocycles. The van der Waals surface area contributed by atoms with Gasteiger partial charge in [0.15, 0.2) is 0 Å². The molecule has 0 saturated carbocycles. The third-order valence-corrected chi connectivity index (χ3v) is 2.91. The zero-order valence-electron chi connectivity index (χ0n) is 10.4. The Morgan fingerprint density at radius 2 is 2.06 bits per heavy atom. The first kappa shape index (κ1) is 12.1. The summed E-state index contributed by atoms with van der Waals surface area (Å²) in [5.41, 5.74) is 2.00. The Balaban J connectivity index is 2.00.